The third-order valence-corrected chi connectivity index (χ3v) is 1.31. The summed E-state index contributed by atoms with van der Waals surface area (Å²) in [6, 6.07) is 2.17. The molecule has 9 heavy (non-hydrogen) atoms. The van der Waals surface area contributed by atoms with Crippen molar-refractivity contribution in [2.45, 2.75) is 20.8 Å². The van der Waals surface area contributed by atoms with Crippen LogP contribution in [0.5, 0.6) is 0 Å². The molecular weight excluding hydrogens is 110 g/mol. The van der Waals surface area contributed by atoms with Crippen LogP contribution in [0.15, 0.2) is 12.7 Å². The molecule has 0 aliphatic rings. The van der Waals surface area contributed by atoms with E-state index < -0.39 is 0 Å². The smallest absolute Gasteiger partial charge is 0.0702 e. The molecule has 1 nitrogen and oxygen atoms in total. The molecule has 0 aromatic heterocycles. The van der Waals surface area contributed by atoms with Gasteiger partial charge in [0.25, 0.3) is 0 Å². The molecule has 50 valence electrons. The molecule has 0 fully saturated rings. The van der Waals surface area contributed by atoms with Crippen molar-refractivity contribution >= 4 is 0 Å². The Labute approximate surface area is 57.0 Å². The van der Waals surface area contributed by atoms with Gasteiger partial charge >= 0.3 is 0 Å². The quantitative estimate of drug-likeness (QED) is 0.491. The highest BCUT2D eigenvalue weighted by Crippen LogP contribution is 2.25. The zero-order valence-corrected chi connectivity index (χ0v) is 6.31. The average molecular weight is 123 g/mol. The number of nitrogens with zero attached hydrogens (tertiary/aromatic N) is 1. The molecule has 0 saturated carbocycles. The number of hydrogen-bond donors (Lipinski definition) is 0. The van der Waals surface area contributed by atoms with E-state index in [1.807, 2.05) is 20.8 Å². The molecular formula is C8H13N. The minimum Gasteiger partial charge on any atom is -0.198 e. The molecule has 0 rings (SSSR count). The lowest BCUT2D eigenvalue weighted by atomic mass is 9.82. The van der Waals surface area contributed by atoms with Gasteiger partial charge in [-0.25, -0.2) is 0 Å². The first-order chi connectivity index (χ1) is 4.02. The van der Waals surface area contributed by atoms with Crippen LogP contribution in [-0.4, -0.2) is 0 Å². The van der Waals surface area contributed by atoms with Crippen LogP contribution >= 0.6 is 0 Å². The van der Waals surface area contributed by atoms with Crippen LogP contribution in [0.25, 0.3) is 0 Å². The molecule has 1 unspecified atom stereocenters. The Morgan fingerprint density at radius 3 is 2.00 bits per heavy atom. The second kappa shape index (κ2) is 2.68. The van der Waals surface area contributed by atoms with Crippen molar-refractivity contribution < 1.29 is 0 Å². The highest BCUT2D eigenvalue weighted by Gasteiger charge is 2.20. The second-order valence-corrected chi connectivity index (χ2v) is 3.21. The van der Waals surface area contributed by atoms with Crippen molar-refractivity contribution in [1.82, 2.24) is 0 Å². The van der Waals surface area contributed by atoms with Crippen molar-refractivity contribution in [3.63, 3.8) is 0 Å². The maximum atomic E-state index is 8.54. The fraction of sp³-hybridized carbons (Fsp3) is 0.625. The normalized spacial score (nSPS) is 14.0. The van der Waals surface area contributed by atoms with Crippen LogP contribution in [0.2, 0.25) is 0 Å². The zero-order valence-electron chi connectivity index (χ0n) is 6.31. The maximum absolute atomic E-state index is 8.54. The predicted molar refractivity (Wildman–Crippen MR) is 38.8 cm³/mol. The van der Waals surface area contributed by atoms with Gasteiger partial charge in [0.1, 0.15) is 0 Å². The highest BCUT2D eigenvalue weighted by atomic mass is 14.3. The summed E-state index contributed by atoms with van der Waals surface area (Å²) in [7, 11) is 0. The Bertz CT molecular complexity index is 134. The van der Waals surface area contributed by atoms with Crippen molar-refractivity contribution in [1.29, 1.82) is 5.26 Å². The summed E-state index contributed by atoms with van der Waals surface area (Å²) >= 11 is 0. The molecule has 0 N–H and O–H groups in total. The Kier molecular flexibility index (Phi) is 2.45. The summed E-state index contributed by atoms with van der Waals surface area (Å²) in [6.45, 7) is 9.67. The van der Waals surface area contributed by atoms with Crippen LogP contribution in [0, 0.1) is 22.7 Å². The van der Waals surface area contributed by atoms with E-state index in [0.29, 0.717) is 0 Å². The van der Waals surface area contributed by atoms with Gasteiger partial charge in [0.15, 0.2) is 0 Å². The molecule has 0 radical (unpaired) electrons. The molecule has 0 heterocycles. The standard InChI is InChI=1S/C8H13N/c1-5-7(6-9)8(2,3)4/h5,7H,1H2,2-4H3. The first-order valence-corrected chi connectivity index (χ1v) is 3.04. The summed E-state index contributed by atoms with van der Waals surface area (Å²) in [5, 5.41) is 8.54. The van der Waals surface area contributed by atoms with Gasteiger partial charge in [-0.2, -0.15) is 5.26 Å². The van der Waals surface area contributed by atoms with E-state index in [4.69, 9.17) is 5.26 Å². The number of hydrogen-bond acceptors (Lipinski definition) is 1. The Morgan fingerprint density at radius 1 is 1.56 bits per heavy atom. The zero-order chi connectivity index (χ0) is 7.49. The molecule has 0 amide bonds. The van der Waals surface area contributed by atoms with Gasteiger partial charge in [0, 0.05) is 0 Å². The molecule has 1 heteroatoms. The third-order valence-electron chi connectivity index (χ3n) is 1.31. The van der Waals surface area contributed by atoms with Gasteiger partial charge in [0.2, 0.25) is 0 Å². The third kappa shape index (κ3) is 2.32. The predicted octanol–water partition coefficient (Wildman–Crippen LogP) is 2.36. The van der Waals surface area contributed by atoms with Crippen LogP contribution in [0.3, 0.4) is 0 Å². The lowest BCUT2D eigenvalue weighted by molar-refractivity contribution is 0.351. The Hall–Kier alpha value is -0.770. The molecule has 0 aromatic rings. The molecule has 0 aliphatic carbocycles. The van der Waals surface area contributed by atoms with Crippen LogP contribution in [0.1, 0.15) is 20.8 Å². The monoisotopic (exact) mass is 123 g/mol. The van der Waals surface area contributed by atoms with Gasteiger partial charge in [-0.15, -0.1) is 6.58 Å². The lowest BCUT2D eigenvalue weighted by Gasteiger charge is -2.20. The summed E-state index contributed by atoms with van der Waals surface area (Å²) in [5.74, 6) is -0.0301. The lowest BCUT2D eigenvalue weighted by Crippen LogP contribution is -2.15. The fourth-order valence-electron chi connectivity index (χ4n) is 0.600. The Balaban J connectivity index is 4.16. The van der Waals surface area contributed by atoms with E-state index >= 15 is 0 Å². The maximum Gasteiger partial charge on any atom is 0.0702 e. The van der Waals surface area contributed by atoms with Crippen molar-refractivity contribution in [3.8, 4) is 6.07 Å². The number of allylic oxidation sites excluding steroid dienone is 1. The van der Waals surface area contributed by atoms with Crippen LogP contribution in [0.4, 0.5) is 0 Å². The summed E-state index contributed by atoms with van der Waals surface area (Å²) in [6.07, 6.45) is 1.69. The molecule has 0 bridgehead atoms. The average Bonchev–Trinajstić information content (AvgIpc) is 1.65. The molecule has 0 aliphatic heterocycles. The minimum atomic E-state index is -0.0301. The first kappa shape index (κ1) is 8.23. The minimum absolute atomic E-state index is 0.0301. The SMILES string of the molecule is C=CC(C#N)C(C)(C)C. The fourth-order valence-corrected chi connectivity index (χ4v) is 0.600. The molecule has 0 saturated heterocycles. The van der Waals surface area contributed by atoms with E-state index in [9.17, 15) is 0 Å². The van der Waals surface area contributed by atoms with Crippen molar-refractivity contribution in [2.24, 2.45) is 11.3 Å². The largest absolute Gasteiger partial charge is 0.198 e. The first-order valence-electron chi connectivity index (χ1n) is 3.04. The summed E-state index contributed by atoms with van der Waals surface area (Å²) < 4.78 is 0. The van der Waals surface area contributed by atoms with Gasteiger partial charge < -0.3 is 0 Å². The van der Waals surface area contributed by atoms with Crippen molar-refractivity contribution in [2.75, 3.05) is 0 Å². The number of nitriles is 1. The van der Waals surface area contributed by atoms with E-state index in [2.05, 4.69) is 12.6 Å². The van der Waals surface area contributed by atoms with Gasteiger partial charge in [-0.3, -0.25) is 0 Å². The van der Waals surface area contributed by atoms with E-state index in [0.717, 1.165) is 0 Å². The van der Waals surface area contributed by atoms with E-state index in [1.54, 1.807) is 6.08 Å². The molecule has 1 atom stereocenters. The van der Waals surface area contributed by atoms with Gasteiger partial charge in [0.05, 0.1) is 12.0 Å². The van der Waals surface area contributed by atoms with E-state index in [-0.39, 0.29) is 11.3 Å². The molecule has 0 aromatic carbocycles. The van der Waals surface area contributed by atoms with Gasteiger partial charge in [-0.05, 0) is 5.41 Å². The summed E-state index contributed by atoms with van der Waals surface area (Å²) in [5.41, 5.74) is 0.0382. The Morgan fingerprint density at radius 2 is 2.00 bits per heavy atom. The topological polar surface area (TPSA) is 23.8 Å². The second-order valence-electron chi connectivity index (χ2n) is 3.21. The van der Waals surface area contributed by atoms with E-state index in [1.165, 1.54) is 0 Å². The van der Waals surface area contributed by atoms with Crippen molar-refractivity contribution in [3.05, 3.63) is 12.7 Å². The molecule has 0 spiro atoms. The van der Waals surface area contributed by atoms with Gasteiger partial charge in [-0.1, -0.05) is 26.8 Å². The summed E-state index contributed by atoms with van der Waals surface area (Å²) in [4.78, 5) is 0. The van der Waals surface area contributed by atoms with Crippen LogP contribution in [-0.2, 0) is 0 Å². The van der Waals surface area contributed by atoms with Crippen LogP contribution < -0.4 is 0 Å². The number of rotatable bonds is 1. The highest BCUT2D eigenvalue weighted by molar-refractivity contribution is 5.01.